The Morgan fingerprint density at radius 2 is 2.09 bits per heavy atom. The second-order valence-corrected chi connectivity index (χ2v) is 3.27. The van der Waals surface area contributed by atoms with E-state index in [1.165, 1.54) is 0 Å². The molecular formula is C6H12O4S. The minimum atomic E-state index is -0.918. The molecule has 0 aromatic carbocycles. The van der Waals surface area contributed by atoms with Crippen LogP contribution >= 0.6 is 12.6 Å². The molecule has 1 aliphatic heterocycles. The molecule has 1 aliphatic rings. The summed E-state index contributed by atoms with van der Waals surface area (Å²) in [5.74, 6) is 0. The fraction of sp³-hybridized carbons (Fsp3) is 1.00. The van der Waals surface area contributed by atoms with Crippen LogP contribution in [0.5, 0.6) is 0 Å². The Morgan fingerprint density at radius 1 is 1.45 bits per heavy atom. The Morgan fingerprint density at radius 3 is 2.64 bits per heavy atom. The molecule has 11 heavy (non-hydrogen) atoms. The van der Waals surface area contributed by atoms with Crippen LogP contribution in [0.2, 0.25) is 0 Å². The van der Waals surface area contributed by atoms with E-state index >= 15 is 0 Å². The van der Waals surface area contributed by atoms with Crippen LogP contribution in [0.25, 0.3) is 0 Å². The molecule has 4 atom stereocenters. The van der Waals surface area contributed by atoms with Crippen molar-refractivity contribution in [3.8, 4) is 0 Å². The molecule has 0 bridgehead atoms. The third-order valence-electron chi connectivity index (χ3n) is 1.73. The first kappa shape index (κ1) is 9.28. The summed E-state index contributed by atoms with van der Waals surface area (Å²) >= 11 is 4.03. The van der Waals surface area contributed by atoms with Gasteiger partial charge in [-0.3, -0.25) is 0 Å². The topological polar surface area (TPSA) is 69.9 Å². The van der Waals surface area contributed by atoms with E-state index in [0.29, 0.717) is 6.42 Å². The molecule has 5 heteroatoms. The fourth-order valence-corrected chi connectivity index (χ4v) is 1.45. The van der Waals surface area contributed by atoms with Crippen LogP contribution in [-0.4, -0.2) is 45.7 Å². The van der Waals surface area contributed by atoms with Gasteiger partial charge in [0.05, 0.1) is 12.7 Å². The van der Waals surface area contributed by atoms with Gasteiger partial charge in [-0.15, -0.1) is 0 Å². The first-order valence-electron chi connectivity index (χ1n) is 3.45. The normalized spacial score (nSPS) is 45.8. The molecule has 0 aliphatic carbocycles. The van der Waals surface area contributed by atoms with Gasteiger partial charge >= 0.3 is 0 Å². The molecule has 0 spiro atoms. The smallest absolute Gasteiger partial charge is 0.156 e. The SMILES string of the molecule is OC[C@H]1O[C@@H](O)C[C@@H](S)[C@@H]1O. The molecule has 4 nitrogen and oxygen atoms in total. The second kappa shape index (κ2) is 3.73. The summed E-state index contributed by atoms with van der Waals surface area (Å²) in [6.45, 7) is -0.296. The number of ether oxygens (including phenoxy) is 1. The summed E-state index contributed by atoms with van der Waals surface area (Å²) in [7, 11) is 0. The van der Waals surface area contributed by atoms with Gasteiger partial charge in [0.15, 0.2) is 6.29 Å². The number of thiol groups is 1. The zero-order valence-electron chi connectivity index (χ0n) is 5.92. The van der Waals surface area contributed by atoms with Gasteiger partial charge in [0.2, 0.25) is 0 Å². The number of hydrogen-bond acceptors (Lipinski definition) is 5. The first-order valence-corrected chi connectivity index (χ1v) is 3.97. The molecule has 1 heterocycles. The van der Waals surface area contributed by atoms with Crippen molar-refractivity contribution in [3.05, 3.63) is 0 Å². The molecule has 0 aromatic heterocycles. The van der Waals surface area contributed by atoms with Gasteiger partial charge in [-0.2, -0.15) is 12.6 Å². The Bertz CT molecular complexity index is 132. The van der Waals surface area contributed by atoms with Gasteiger partial charge < -0.3 is 20.1 Å². The predicted molar refractivity (Wildman–Crippen MR) is 41.4 cm³/mol. The van der Waals surface area contributed by atoms with Crippen LogP contribution in [0, 0.1) is 0 Å². The maximum atomic E-state index is 9.28. The number of hydrogen-bond donors (Lipinski definition) is 4. The van der Waals surface area contributed by atoms with Crippen LogP contribution in [0.1, 0.15) is 6.42 Å². The van der Waals surface area contributed by atoms with E-state index in [-0.39, 0.29) is 11.9 Å². The highest BCUT2D eigenvalue weighted by Crippen LogP contribution is 2.22. The average Bonchev–Trinajstić information content (AvgIpc) is 1.96. The van der Waals surface area contributed by atoms with Crippen molar-refractivity contribution in [2.45, 2.75) is 30.2 Å². The summed E-state index contributed by atoms with van der Waals surface area (Å²) < 4.78 is 4.82. The molecule has 1 fully saturated rings. The maximum Gasteiger partial charge on any atom is 0.156 e. The molecule has 1 rings (SSSR count). The highest BCUT2D eigenvalue weighted by molar-refractivity contribution is 7.81. The number of aliphatic hydroxyl groups is 3. The molecule has 0 aromatic rings. The summed E-state index contributed by atoms with van der Waals surface area (Å²) in [6.07, 6.45) is -2.13. The fourth-order valence-electron chi connectivity index (χ4n) is 1.08. The van der Waals surface area contributed by atoms with E-state index in [4.69, 9.17) is 14.9 Å². The van der Waals surface area contributed by atoms with Crippen LogP contribution in [0.3, 0.4) is 0 Å². The zero-order chi connectivity index (χ0) is 8.43. The van der Waals surface area contributed by atoms with E-state index in [2.05, 4.69) is 12.6 Å². The van der Waals surface area contributed by atoms with Crippen molar-refractivity contribution in [2.24, 2.45) is 0 Å². The largest absolute Gasteiger partial charge is 0.394 e. The van der Waals surface area contributed by atoms with Crippen LogP contribution in [0.4, 0.5) is 0 Å². The van der Waals surface area contributed by atoms with Crippen molar-refractivity contribution >= 4 is 12.6 Å². The third kappa shape index (κ3) is 2.07. The lowest BCUT2D eigenvalue weighted by Gasteiger charge is -2.34. The van der Waals surface area contributed by atoms with Gasteiger partial charge in [-0.05, 0) is 0 Å². The number of rotatable bonds is 1. The monoisotopic (exact) mass is 180 g/mol. The minimum Gasteiger partial charge on any atom is -0.394 e. The molecule has 3 N–H and O–H groups in total. The third-order valence-corrected chi connectivity index (χ3v) is 2.25. The highest BCUT2D eigenvalue weighted by Gasteiger charge is 2.34. The lowest BCUT2D eigenvalue weighted by atomic mass is 10.1. The van der Waals surface area contributed by atoms with Gasteiger partial charge in [0.25, 0.3) is 0 Å². The average molecular weight is 180 g/mol. The Labute approximate surface area is 70.2 Å². The quantitative estimate of drug-likeness (QED) is 0.380. The van der Waals surface area contributed by atoms with E-state index < -0.39 is 18.5 Å². The van der Waals surface area contributed by atoms with E-state index in [9.17, 15) is 5.11 Å². The zero-order valence-corrected chi connectivity index (χ0v) is 6.82. The Balaban J connectivity index is 2.51. The molecular weight excluding hydrogens is 168 g/mol. The van der Waals surface area contributed by atoms with Gasteiger partial charge in [0, 0.05) is 11.7 Å². The van der Waals surface area contributed by atoms with Gasteiger partial charge in [-0.1, -0.05) is 0 Å². The maximum absolute atomic E-state index is 9.28. The molecule has 0 unspecified atom stereocenters. The lowest BCUT2D eigenvalue weighted by molar-refractivity contribution is -0.204. The van der Waals surface area contributed by atoms with Crippen molar-refractivity contribution in [1.82, 2.24) is 0 Å². The Kier molecular flexibility index (Phi) is 3.15. The summed E-state index contributed by atoms with van der Waals surface area (Å²) in [4.78, 5) is 0. The van der Waals surface area contributed by atoms with Crippen molar-refractivity contribution < 1.29 is 20.1 Å². The minimum absolute atomic E-state index is 0.292. The highest BCUT2D eigenvalue weighted by atomic mass is 32.1. The van der Waals surface area contributed by atoms with E-state index in [1.807, 2.05) is 0 Å². The van der Waals surface area contributed by atoms with Crippen molar-refractivity contribution in [3.63, 3.8) is 0 Å². The Hall–Kier alpha value is 0.190. The first-order chi connectivity index (χ1) is 5.15. The van der Waals surface area contributed by atoms with Crippen LogP contribution < -0.4 is 0 Å². The second-order valence-electron chi connectivity index (χ2n) is 2.61. The van der Waals surface area contributed by atoms with Crippen LogP contribution in [0.15, 0.2) is 0 Å². The molecule has 0 radical (unpaired) electrons. The summed E-state index contributed by atoms with van der Waals surface area (Å²) in [5.41, 5.74) is 0. The summed E-state index contributed by atoms with van der Waals surface area (Å²) in [6, 6.07) is 0. The van der Waals surface area contributed by atoms with Crippen molar-refractivity contribution in [2.75, 3.05) is 6.61 Å². The van der Waals surface area contributed by atoms with E-state index in [0.717, 1.165) is 0 Å². The molecule has 0 saturated carbocycles. The molecule has 0 amide bonds. The van der Waals surface area contributed by atoms with Crippen LogP contribution in [-0.2, 0) is 4.74 Å². The predicted octanol–water partition coefficient (Wildman–Crippen LogP) is -1.25. The molecule has 1 saturated heterocycles. The lowest BCUT2D eigenvalue weighted by Crippen LogP contribution is -2.47. The van der Waals surface area contributed by atoms with Crippen molar-refractivity contribution in [1.29, 1.82) is 0 Å². The number of aliphatic hydroxyl groups excluding tert-OH is 3. The van der Waals surface area contributed by atoms with Gasteiger partial charge in [-0.25, -0.2) is 0 Å². The standard InChI is InChI=1S/C6H12O4S/c7-2-3-6(9)4(11)1-5(8)10-3/h3-9,11H,1-2H2/t3-,4-,5-,6-/m1/s1. The van der Waals surface area contributed by atoms with E-state index in [1.54, 1.807) is 0 Å². The van der Waals surface area contributed by atoms with Gasteiger partial charge in [0.1, 0.15) is 6.10 Å². The summed E-state index contributed by atoms with van der Waals surface area (Å²) in [5, 5.41) is 26.6. The molecule has 66 valence electrons.